The van der Waals surface area contributed by atoms with Crippen LogP contribution in [0.25, 0.3) is 10.1 Å². The topological polar surface area (TPSA) is 43.4 Å². The molecule has 0 fully saturated rings. The number of fused-ring (bicyclic) bond motifs is 1. The van der Waals surface area contributed by atoms with Gasteiger partial charge in [-0.15, -0.1) is 11.3 Å². The molecule has 0 bridgehead atoms. The molecule has 3 nitrogen and oxygen atoms in total. The third-order valence-electron chi connectivity index (χ3n) is 3.75. The summed E-state index contributed by atoms with van der Waals surface area (Å²) < 4.78 is 6.28. The Morgan fingerprint density at radius 1 is 0.957 bits per heavy atom. The van der Waals surface area contributed by atoms with E-state index in [-0.39, 0.29) is 24.4 Å². The molecule has 1 aromatic heterocycles. The number of carbonyl (C=O) groups excluding carboxylic acids is 2. The normalized spacial score (nSPS) is 10.7. The molecule has 0 N–H and O–H groups in total. The summed E-state index contributed by atoms with van der Waals surface area (Å²) in [4.78, 5) is 24.5. The van der Waals surface area contributed by atoms with E-state index < -0.39 is 0 Å². The van der Waals surface area contributed by atoms with Gasteiger partial charge in [0.05, 0.1) is 7.11 Å². The van der Waals surface area contributed by atoms with E-state index in [2.05, 4.69) is 0 Å². The standard InChI is InChI=1S/C19H16O3S/c1-22-16-4-2-3-13(12-16)17(20)6-7-18(21)14-5-8-19-15(11-14)9-10-23-19/h2-5,8-12H,6-7H2,1H3. The number of benzene rings is 2. The first-order valence-corrected chi connectivity index (χ1v) is 8.23. The molecule has 3 aromatic rings. The average molecular weight is 324 g/mol. The zero-order chi connectivity index (χ0) is 16.2. The summed E-state index contributed by atoms with van der Waals surface area (Å²) in [6, 6.07) is 14.7. The van der Waals surface area contributed by atoms with Gasteiger partial charge in [0.15, 0.2) is 11.6 Å². The van der Waals surface area contributed by atoms with Gasteiger partial charge in [-0.25, -0.2) is 0 Å². The molecule has 4 heteroatoms. The fourth-order valence-electron chi connectivity index (χ4n) is 2.45. The molecule has 0 atom stereocenters. The van der Waals surface area contributed by atoms with Crippen molar-refractivity contribution in [2.45, 2.75) is 12.8 Å². The van der Waals surface area contributed by atoms with Gasteiger partial charge in [0.25, 0.3) is 0 Å². The first-order chi connectivity index (χ1) is 11.2. The lowest BCUT2D eigenvalue weighted by molar-refractivity contribution is 0.0917. The van der Waals surface area contributed by atoms with Crippen LogP contribution < -0.4 is 4.74 Å². The third kappa shape index (κ3) is 3.48. The molecule has 0 aliphatic rings. The largest absolute Gasteiger partial charge is 0.497 e. The van der Waals surface area contributed by atoms with Gasteiger partial charge in [0, 0.05) is 28.7 Å². The molecule has 23 heavy (non-hydrogen) atoms. The van der Waals surface area contributed by atoms with Gasteiger partial charge in [-0.2, -0.15) is 0 Å². The van der Waals surface area contributed by atoms with Crippen molar-refractivity contribution in [2.75, 3.05) is 7.11 Å². The number of Topliss-reactive ketones (excluding diaryl/α,β-unsaturated/α-hetero) is 2. The lowest BCUT2D eigenvalue weighted by atomic mass is 10.0. The molecule has 0 amide bonds. The van der Waals surface area contributed by atoms with E-state index in [0.29, 0.717) is 16.9 Å². The second-order valence-corrected chi connectivity index (χ2v) is 6.20. The molecule has 0 saturated heterocycles. The molecule has 0 aliphatic carbocycles. The molecule has 1 heterocycles. The van der Waals surface area contributed by atoms with E-state index in [9.17, 15) is 9.59 Å². The zero-order valence-corrected chi connectivity index (χ0v) is 13.6. The van der Waals surface area contributed by atoms with Crippen molar-refractivity contribution in [2.24, 2.45) is 0 Å². The molecular formula is C19H16O3S. The first kappa shape index (κ1) is 15.4. The Bertz CT molecular complexity index is 864. The average Bonchev–Trinajstić information content (AvgIpc) is 3.07. The number of hydrogen-bond acceptors (Lipinski definition) is 4. The van der Waals surface area contributed by atoms with Crippen molar-refractivity contribution in [3.05, 3.63) is 65.0 Å². The van der Waals surface area contributed by atoms with Gasteiger partial charge in [-0.05, 0) is 47.2 Å². The van der Waals surface area contributed by atoms with E-state index in [1.807, 2.05) is 29.6 Å². The van der Waals surface area contributed by atoms with Crippen LogP contribution >= 0.6 is 11.3 Å². The van der Waals surface area contributed by atoms with Crippen LogP contribution in [-0.4, -0.2) is 18.7 Å². The summed E-state index contributed by atoms with van der Waals surface area (Å²) in [6.45, 7) is 0. The Morgan fingerprint density at radius 2 is 1.70 bits per heavy atom. The molecular weight excluding hydrogens is 308 g/mol. The highest BCUT2D eigenvalue weighted by atomic mass is 32.1. The number of hydrogen-bond donors (Lipinski definition) is 0. The van der Waals surface area contributed by atoms with Crippen molar-refractivity contribution >= 4 is 33.0 Å². The highest BCUT2D eigenvalue weighted by Gasteiger charge is 2.12. The maximum Gasteiger partial charge on any atom is 0.163 e. The van der Waals surface area contributed by atoms with Gasteiger partial charge >= 0.3 is 0 Å². The molecule has 116 valence electrons. The van der Waals surface area contributed by atoms with Gasteiger partial charge in [0.1, 0.15) is 5.75 Å². The molecule has 0 radical (unpaired) electrons. The minimum absolute atomic E-state index is 0.00524. The van der Waals surface area contributed by atoms with Crippen LogP contribution in [0, 0.1) is 0 Å². The van der Waals surface area contributed by atoms with Crippen molar-refractivity contribution in [3.63, 3.8) is 0 Å². The molecule has 3 rings (SSSR count). The zero-order valence-electron chi connectivity index (χ0n) is 12.7. The summed E-state index contributed by atoms with van der Waals surface area (Å²) >= 11 is 1.65. The Balaban J connectivity index is 1.66. The third-order valence-corrected chi connectivity index (χ3v) is 4.64. The van der Waals surface area contributed by atoms with Crippen LogP contribution in [-0.2, 0) is 0 Å². The molecule has 0 spiro atoms. The molecule has 0 saturated carbocycles. The number of ketones is 2. The highest BCUT2D eigenvalue weighted by Crippen LogP contribution is 2.23. The first-order valence-electron chi connectivity index (χ1n) is 7.35. The van der Waals surface area contributed by atoms with Crippen molar-refractivity contribution in [1.29, 1.82) is 0 Å². The van der Waals surface area contributed by atoms with E-state index in [4.69, 9.17) is 4.74 Å². The summed E-state index contributed by atoms with van der Waals surface area (Å²) in [5.74, 6) is 0.591. The number of ether oxygens (including phenoxy) is 1. The van der Waals surface area contributed by atoms with Crippen LogP contribution in [0.1, 0.15) is 33.6 Å². The van der Waals surface area contributed by atoms with E-state index >= 15 is 0 Å². The maximum atomic E-state index is 12.3. The minimum Gasteiger partial charge on any atom is -0.497 e. The number of rotatable bonds is 6. The van der Waals surface area contributed by atoms with Gasteiger partial charge < -0.3 is 4.74 Å². The smallest absolute Gasteiger partial charge is 0.163 e. The number of thiophene rings is 1. The number of methoxy groups -OCH3 is 1. The minimum atomic E-state index is -0.0474. The Morgan fingerprint density at radius 3 is 2.43 bits per heavy atom. The second kappa shape index (κ2) is 6.75. The van der Waals surface area contributed by atoms with Gasteiger partial charge in [0.2, 0.25) is 0 Å². The molecule has 0 unspecified atom stereocenters. The maximum absolute atomic E-state index is 12.3. The van der Waals surface area contributed by atoms with Crippen LogP contribution in [0.15, 0.2) is 53.9 Å². The Kier molecular flexibility index (Phi) is 4.53. The van der Waals surface area contributed by atoms with Gasteiger partial charge in [-0.1, -0.05) is 12.1 Å². The fourth-order valence-corrected chi connectivity index (χ4v) is 3.22. The predicted molar refractivity (Wildman–Crippen MR) is 92.7 cm³/mol. The van der Waals surface area contributed by atoms with Crippen LogP contribution in [0.4, 0.5) is 0 Å². The number of carbonyl (C=O) groups is 2. The van der Waals surface area contributed by atoms with Crippen molar-refractivity contribution < 1.29 is 14.3 Å². The van der Waals surface area contributed by atoms with E-state index in [1.54, 1.807) is 42.7 Å². The lowest BCUT2D eigenvalue weighted by Crippen LogP contribution is -2.05. The fraction of sp³-hybridized carbons (Fsp3) is 0.158. The SMILES string of the molecule is COc1cccc(C(=O)CCC(=O)c2ccc3sccc3c2)c1. The second-order valence-electron chi connectivity index (χ2n) is 5.25. The summed E-state index contributed by atoms with van der Waals surface area (Å²) in [7, 11) is 1.56. The Labute approximate surface area is 138 Å². The van der Waals surface area contributed by atoms with Crippen LogP contribution in [0.2, 0.25) is 0 Å². The lowest BCUT2D eigenvalue weighted by Gasteiger charge is -2.04. The summed E-state index contributed by atoms with van der Waals surface area (Å²) in [5, 5.41) is 3.07. The summed E-state index contributed by atoms with van der Waals surface area (Å²) in [6.07, 6.45) is 0.416. The quantitative estimate of drug-likeness (QED) is 0.614. The summed E-state index contributed by atoms with van der Waals surface area (Å²) in [5.41, 5.74) is 1.24. The van der Waals surface area contributed by atoms with Gasteiger partial charge in [-0.3, -0.25) is 9.59 Å². The molecule has 0 aliphatic heterocycles. The van der Waals surface area contributed by atoms with Crippen LogP contribution in [0.5, 0.6) is 5.75 Å². The van der Waals surface area contributed by atoms with E-state index in [0.717, 1.165) is 10.1 Å². The van der Waals surface area contributed by atoms with Crippen LogP contribution in [0.3, 0.4) is 0 Å². The van der Waals surface area contributed by atoms with Crippen molar-refractivity contribution in [3.8, 4) is 5.75 Å². The molecule has 2 aromatic carbocycles. The Hall–Kier alpha value is -2.46. The monoisotopic (exact) mass is 324 g/mol. The van der Waals surface area contributed by atoms with E-state index in [1.165, 1.54) is 0 Å². The predicted octanol–water partition coefficient (Wildman–Crippen LogP) is 4.76. The van der Waals surface area contributed by atoms with Crippen molar-refractivity contribution in [1.82, 2.24) is 0 Å². The highest BCUT2D eigenvalue weighted by molar-refractivity contribution is 7.17.